The molecule has 0 spiro atoms. The van der Waals surface area contributed by atoms with Gasteiger partial charge in [0.2, 0.25) is 10.0 Å². The lowest BCUT2D eigenvalue weighted by Crippen LogP contribution is -2.35. The fourth-order valence-electron chi connectivity index (χ4n) is 3.93. The minimum Gasteiger partial charge on any atom is -0.468 e. The maximum atomic E-state index is 13.5. The Bertz CT molecular complexity index is 977. The molecule has 0 N–H and O–H groups in total. The Labute approximate surface area is 172 Å². The largest absolute Gasteiger partial charge is 0.468 e. The molecule has 0 aliphatic heterocycles. The summed E-state index contributed by atoms with van der Waals surface area (Å²) in [6.45, 7) is 2.48. The number of carbonyl (C=O) groups excluding carboxylic acids is 1. The SMILES string of the molecule is COC(=O)C1(c2ccc(S(=O)(=O)N(CC3CC3)C(C)c3ccccc3)cc2)CC1. The van der Waals surface area contributed by atoms with Gasteiger partial charge in [-0.1, -0.05) is 42.5 Å². The molecule has 154 valence electrons. The van der Waals surface area contributed by atoms with E-state index in [9.17, 15) is 13.2 Å². The summed E-state index contributed by atoms with van der Waals surface area (Å²) in [6, 6.07) is 16.3. The first-order valence-corrected chi connectivity index (χ1v) is 11.6. The molecule has 0 amide bonds. The highest BCUT2D eigenvalue weighted by atomic mass is 32.2. The summed E-state index contributed by atoms with van der Waals surface area (Å²) in [5, 5.41) is 0. The van der Waals surface area contributed by atoms with E-state index in [1.807, 2.05) is 37.3 Å². The second-order valence-electron chi connectivity index (χ2n) is 8.20. The summed E-state index contributed by atoms with van der Waals surface area (Å²) in [7, 11) is -2.26. The quantitative estimate of drug-likeness (QED) is 0.613. The lowest BCUT2D eigenvalue weighted by molar-refractivity contribution is -0.143. The Balaban J connectivity index is 1.63. The number of sulfonamides is 1. The summed E-state index contributed by atoms with van der Waals surface area (Å²) in [5.41, 5.74) is 1.21. The molecule has 0 heterocycles. The molecule has 2 saturated carbocycles. The molecule has 0 bridgehead atoms. The first-order valence-electron chi connectivity index (χ1n) is 10.1. The molecule has 2 aromatic rings. The van der Waals surface area contributed by atoms with Crippen molar-refractivity contribution in [2.24, 2.45) is 5.92 Å². The van der Waals surface area contributed by atoms with Crippen molar-refractivity contribution in [1.29, 1.82) is 0 Å². The van der Waals surface area contributed by atoms with E-state index < -0.39 is 15.4 Å². The van der Waals surface area contributed by atoms with Gasteiger partial charge in [0, 0.05) is 12.6 Å². The van der Waals surface area contributed by atoms with Crippen LogP contribution in [0.2, 0.25) is 0 Å². The summed E-state index contributed by atoms with van der Waals surface area (Å²) < 4.78 is 33.6. The molecule has 2 aliphatic rings. The van der Waals surface area contributed by atoms with Crippen LogP contribution in [-0.2, 0) is 25.0 Å². The molecule has 0 radical (unpaired) electrons. The lowest BCUT2D eigenvalue weighted by atomic mass is 9.96. The summed E-state index contributed by atoms with van der Waals surface area (Å²) in [4.78, 5) is 12.4. The van der Waals surface area contributed by atoms with E-state index in [-0.39, 0.29) is 16.9 Å². The number of nitrogens with zero attached hydrogens (tertiary/aromatic N) is 1. The molecule has 2 aliphatic carbocycles. The van der Waals surface area contributed by atoms with Crippen molar-refractivity contribution < 1.29 is 17.9 Å². The van der Waals surface area contributed by atoms with Crippen LogP contribution in [0.4, 0.5) is 0 Å². The minimum absolute atomic E-state index is 0.244. The van der Waals surface area contributed by atoms with Crippen LogP contribution in [0.3, 0.4) is 0 Å². The molecule has 6 heteroatoms. The van der Waals surface area contributed by atoms with Gasteiger partial charge in [0.25, 0.3) is 0 Å². The molecule has 29 heavy (non-hydrogen) atoms. The van der Waals surface area contributed by atoms with Crippen molar-refractivity contribution in [2.75, 3.05) is 13.7 Å². The number of hydrogen-bond donors (Lipinski definition) is 0. The van der Waals surface area contributed by atoms with Crippen LogP contribution in [0, 0.1) is 5.92 Å². The molecule has 4 rings (SSSR count). The van der Waals surface area contributed by atoms with Crippen LogP contribution in [0.15, 0.2) is 59.5 Å². The average molecular weight is 414 g/mol. The summed E-state index contributed by atoms with van der Waals surface area (Å²) in [5.74, 6) is 0.186. The minimum atomic E-state index is -3.65. The molecule has 1 unspecified atom stereocenters. The van der Waals surface area contributed by atoms with Gasteiger partial charge in [-0.2, -0.15) is 4.31 Å². The standard InChI is InChI=1S/C23H27NO4S/c1-17(19-6-4-3-5-7-19)24(16-18-8-9-18)29(26,27)21-12-10-20(11-13-21)23(14-15-23)22(25)28-2/h3-7,10-13,17-18H,8-9,14-16H2,1-2H3. The lowest BCUT2D eigenvalue weighted by Gasteiger charge is -2.29. The van der Waals surface area contributed by atoms with E-state index in [0.29, 0.717) is 12.5 Å². The molecule has 5 nitrogen and oxygen atoms in total. The number of benzene rings is 2. The number of hydrogen-bond acceptors (Lipinski definition) is 4. The summed E-state index contributed by atoms with van der Waals surface area (Å²) in [6.07, 6.45) is 3.64. The van der Waals surface area contributed by atoms with Crippen LogP contribution in [0.1, 0.15) is 49.8 Å². The Morgan fingerprint density at radius 3 is 2.24 bits per heavy atom. The van der Waals surface area contributed by atoms with E-state index in [4.69, 9.17) is 4.74 Å². The van der Waals surface area contributed by atoms with Gasteiger partial charge in [-0.25, -0.2) is 8.42 Å². The topological polar surface area (TPSA) is 63.7 Å². The van der Waals surface area contributed by atoms with Gasteiger partial charge in [0.1, 0.15) is 0 Å². The summed E-state index contributed by atoms with van der Waals surface area (Å²) >= 11 is 0. The second kappa shape index (κ2) is 7.58. The molecule has 2 aromatic carbocycles. The second-order valence-corrected chi connectivity index (χ2v) is 10.1. The smallest absolute Gasteiger partial charge is 0.316 e. The van der Waals surface area contributed by atoms with Crippen molar-refractivity contribution in [1.82, 2.24) is 4.31 Å². The highest BCUT2D eigenvalue weighted by molar-refractivity contribution is 7.89. The van der Waals surface area contributed by atoms with E-state index >= 15 is 0 Å². The van der Waals surface area contributed by atoms with E-state index in [1.54, 1.807) is 28.6 Å². The maximum Gasteiger partial charge on any atom is 0.316 e. The van der Waals surface area contributed by atoms with Gasteiger partial charge in [0.05, 0.1) is 17.4 Å². The highest BCUT2D eigenvalue weighted by Gasteiger charge is 2.52. The molecule has 0 saturated heterocycles. The van der Waals surface area contributed by atoms with Gasteiger partial charge in [0.15, 0.2) is 0 Å². The number of carbonyl (C=O) groups is 1. The predicted molar refractivity (Wildman–Crippen MR) is 111 cm³/mol. The molecule has 2 fully saturated rings. The highest BCUT2D eigenvalue weighted by Crippen LogP contribution is 2.49. The Kier molecular flexibility index (Phi) is 5.25. The normalized spacial score (nSPS) is 19.0. The molecule has 1 atom stereocenters. The zero-order valence-corrected chi connectivity index (χ0v) is 17.7. The Morgan fingerprint density at radius 1 is 1.10 bits per heavy atom. The number of ether oxygens (including phenoxy) is 1. The maximum absolute atomic E-state index is 13.5. The van der Waals surface area contributed by atoms with Crippen molar-refractivity contribution in [3.8, 4) is 0 Å². The van der Waals surface area contributed by atoms with Crippen molar-refractivity contribution in [2.45, 2.75) is 49.0 Å². The number of rotatable bonds is 8. The van der Waals surface area contributed by atoms with Crippen LogP contribution < -0.4 is 0 Å². The van der Waals surface area contributed by atoms with Crippen molar-refractivity contribution in [3.63, 3.8) is 0 Å². The van der Waals surface area contributed by atoms with Crippen LogP contribution >= 0.6 is 0 Å². The Hall–Kier alpha value is -2.18. The molecular weight excluding hydrogens is 386 g/mol. The van der Waals surface area contributed by atoms with Crippen molar-refractivity contribution >= 4 is 16.0 Å². The van der Waals surface area contributed by atoms with E-state index in [1.165, 1.54) is 7.11 Å². The van der Waals surface area contributed by atoms with Gasteiger partial charge in [-0.05, 0) is 61.8 Å². The molecular formula is C23H27NO4S. The predicted octanol–water partition coefficient (Wildman–Crippen LogP) is 4.05. The Morgan fingerprint density at radius 2 is 1.72 bits per heavy atom. The first-order chi connectivity index (χ1) is 13.9. The fourth-order valence-corrected chi connectivity index (χ4v) is 5.63. The third-order valence-electron chi connectivity index (χ3n) is 6.19. The van der Waals surface area contributed by atoms with Crippen LogP contribution in [0.25, 0.3) is 0 Å². The third kappa shape index (κ3) is 3.83. The fraction of sp³-hybridized carbons (Fsp3) is 0.435. The van der Waals surface area contributed by atoms with Gasteiger partial charge < -0.3 is 4.74 Å². The van der Waals surface area contributed by atoms with Gasteiger partial charge >= 0.3 is 5.97 Å². The third-order valence-corrected chi connectivity index (χ3v) is 8.14. The number of esters is 1. The van der Waals surface area contributed by atoms with Gasteiger partial charge in [-0.15, -0.1) is 0 Å². The van der Waals surface area contributed by atoms with Gasteiger partial charge in [-0.3, -0.25) is 4.79 Å². The van der Waals surface area contributed by atoms with E-state index in [0.717, 1.165) is 36.8 Å². The van der Waals surface area contributed by atoms with Crippen LogP contribution in [-0.4, -0.2) is 32.3 Å². The average Bonchev–Trinajstić information content (AvgIpc) is 3.66. The van der Waals surface area contributed by atoms with Crippen molar-refractivity contribution in [3.05, 3.63) is 65.7 Å². The number of methoxy groups -OCH3 is 1. The zero-order chi connectivity index (χ0) is 20.6. The monoisotopic (exact) mass is 413 g/mol. The van der Waals surface area contributed by atoms with Crippen LogP contribution in [0.5, 0.6) is 0 Å². The zero-order valence-electron chi connectivity index (χ0n) is 16.9. The first kappa shape index (κ1) is 20.1. The molecule has 0 aromatic heterocycles. The van der Waals surface area contributed by atoms with E-state index in [2.05, 4.69) is 0 Å².